The second-order valence-corrected chi connectivity index (χ2v) is 8.72. The van der Waals surface area contributed by atoms with Crippen LogP contribution in [0.3, 0.4) is 0 Å². The van der Waals surface area contributed by atoms with Gasteiger partial charge in [-0.25, -0.2) is 14.3 Å². The molecule has 148 valence electrons. The summed E-state index contributed by atoms with van der Waals surface area (Å²) in [5.41, 5.74) is 4.75. The Bertz CT molecular complexity index is 1070. The van der Waals surface area contributed by atoms with Crippen molar-refractivity contribution in [1.29, 1.82) is 0 Å². The van der Waals surface area contributed by atoms with E-state index in [2.05, 4.69) is 16.5 Å². The number of hydrogen-bond acceptors (Lipinski definition) is 5. The fraction of sp³-hybridized carbons (Fsp3) is 0.389. The second-order valence-electron chi connectivity index (χ2n) is 7.12. The zero-order valence-electron chi connectivity index (χ0n) is 15.3. The maximum atomic E-state index is 12.5. The Kier molecular flexibility index (Phi) is 4.37. The van der Waals surface area contributed by atoms with E-state index in [1.54, 1.807) is 0 Å². The highest BCUT2D eigenvalue weighted by atomic mass is 32.2. The molecule has 2 aliphatic rings. The number of nitrogens with zero attached hydrogens (tertiary/aromatic N) is 2. The standard InChI is InChI=1S/C18H20N4O5S/c1-22-9-14(17(23)24)16(20-22)28(26,27)21-18(25)19-15-12-6-2-4-10(12)8-11-5-3-7-13(11)15/h8-9H,2-7H2,1H3,(H,23,24)(H2,19,21,25). The fourth-order valence-corrected chi connectivity index (χ4v) is 5.15. The summed E-state index contributed by atoms with van der Waals surface area (Å²) in [5, 5.41) is 14.9. The van der Waals surface area contributed by atoms with E-state index < -0.39 is 32.6 Å². The van der Waals surface area contributed by atoms with Crippen LogP contribution in [0, 0.1) is 0 Å². The molecule has 3 N–H and O–H groups in total. The van der Waals surface area contributed by atoms with Gasteiger partial charge in [0.1, 0.15) is 5.56 Å². The molecule has 2 aromatic rings. The Labute approximate surface area is 161 Å². The number of aryl methyl sites for hydroxylation is 3. The average Bonchev–Trinajstić information content (AvgIpc) is 3.32. The quantitative estimate of drug-likeness (QED) is 0.710. The van der Waals surface area contributed by atoms with Crippen molar-refractivity contribution in [2.24, 2.45) is 7.05 Å². The number of hydrogen-bond donors (Lipinski definition) is 3. The van der Waals surface area contributed by atoms with Crippen LogP contribution in [0.4, 0.5) is 10.5 Å². The van der Waals surface area contributed by atoms with Gasteiger partial charge in [-0.3, -0.25) is 4.68 Å². The molecule has 0 radical (unpaired) electrons. The van der Waals surface area contributed by atoms with Gasteiger partial charge in [0.05, 0.1) is 0 Å². The molecule has 2 aliphatic carbocycles. The molecule has 0 spiro atoms. The van der Waals surface area contributed by atoms with Crippen molar-refractivity contribution in [3.63, 3.8) is 0 Å². The number of amides is 2. The maximum Gasteiger partial charge on any atom is 0.340 e. The molecule has 4 rings (SSSR count). The topological polar surface area (TPSA) is 130 Å². The third-order valence-corrected chi connectivity index (χ3v) is 6.48. The van der Waals surface area contributed by atoms with E-state index in [9.17, 15) is 23.1 Å². The van der Waals surface area contributed by atoms with Gasteiger partial charge in [0.2, 0.25) is 5.03 Å². The molecule has 1 aromatic carbocycles. The van der Waals surface area contributed by atoms with Crippen molar-refractivity contribution in [2.45, 2.75) is 43.6 Å². The van der Waals surface area contributed by atoms with Gasteiger partial charge in [-0.2, -0.15) is 13.5 Å². The summed E-state index contributed by atoms with van der Waals surface area (Å²) in [5.74, 6) is -1.44. The van der Waals surface area contributed by atoms with E-state index in [1.807, 2.05) is 4.72 Å². The van der Waals surface area contributed by atoms with Crippen LogP contribution in [-0.4, -0.2) is 35.3 Å². The predicted molar refractivity (Wildman–Crippen MR) is 100.0 cm³/mol. The van der Waals surface area contributed by atoms with E-state index >= 15 is 0 Å². The van der Waals surface area contributed by atoms with Gasteiger partial charge in [0, 0.05) is 18.9 Å². The van der Waals surface area contributed by atoms with Crippen LogP contribution >= 0.6 is 0 Å². The van der Waals surface area contributed by atoms with E-state index in [0.29, 0.717) is 5.69 Å². The summed E-state index contributed by atoms with van der Waals surface area (Å²) in [6.07, 6.45) is 6.67. The minimum atomic E-state index is -4.44. The lowest BCUT2D eigenvalue weighted by atomic mass is 9.99. The van der Waals surface area contributed by atoms with Crippen molar-refractivity contribution < 1.29 is 23.1 Å². The number of aromatic carboxylic acids is 1. The number of aromatic nitrogens is 2. The van der Waals surface area contributed by atoms with Gasteiger partial charge in [-0.15, -0.1) is 0 Å². The normalized spacial score (nSPS) is 15.2. The van der Waals surface area contributed by atoms with E-state index in [1.165, 1.54) is 18.2 Å². The Morgan fingerprint density at radius 3 is 2.29 bits per heavy atom. The minimum Gasteiger partial charge on any atom is -0.478 e. The number of carboxylic acids is 1. The lowest BCUT2D eigenvalue weighted by Crippen LogP contribution is -2.35. The zero-order valence-corrected chi connectivity index (χ0v) is 16.1. The van der Waals surface area contributed by atoms with Crippen LogP contribution in [0.2, 0.25) is 0 Å². The van der Waals surface area contributed by atoms with Gasteiger partial charge in [-0.05, 0) is 60.8 Å². The van der Waals surface area contributed by atoms with E-state index in [-0.39, 0.29) is 0 Å². The number of sulfonamides is 1. The van der Waals surface area contributed by atoms with Crippen molar-refractivity contribution in [3.8, 4) is 0 Å². The Balaban J connectivity index is 1.62. The lowest BCUT2D eigenvalue weighted by molar-refractivity contribution is 0.0692. The summed E-state index contributed by atoms with van der Waals surface area (Å²) in [4.78, 5) is 23.8. The number of benzene rings is 1. The highest BCUT2D eigenvalue weighted by Crippen LogP contribution is 2.38. The largest absolute Gasteiger partial charge is 0.478 e. The summed E-state index contributed by atoms with van der Waals surface area (Å²) in [6, 6.07) is 1.29. The first-order chi connectivity index (χ1) is 13.3. The zero-order chi connectivity index (χ0) is 20.1. The number of carboxylic acid groups (broad SMARTS) is 1. The molecule has 0 saturated heterocycles. The average molecular weight is 404 g/mol. The lowest BCUT2D eigenvalue weighted by Gasteiger charge is -2.16. The minimum absolute atomic E-state index is 0.496. The first-order valence-electron chi connectivity index (χ1n) is 9.03. The van der Waals surface area contributed by atoms with Gasteiger partial charge in [-0.1, -0.05) is 6.07 Å². The number of anilines is 1. The number of nitrogens with one attached hydrogen (secondary N) is 2. The predicted octanol–water partition coefficient (Wildman–Crippen LogP) is 1.61. The molecule has 0 atom stereocenters. The van der Waals surface area contributed by atoms with Gasteiger partial charge >= 0.3 is 12.0 Å². The van der Waals surface area contributed by atoms with Crippen molar-refractivity contribution >= 4 is 27.7 Å². The highest BCUT2D eigenvalue weighted by Gasteiger charge is 2.30. The highest BCUT2D eigenvalue weighted by molar-refractivity contribution is 7.90. The Hall–Kier alpha value is -2.88. The van der Waals surface area contributed by atoms with Crippen molar-refractivity contribution in [3.05, 3.63) is 40.1 Å². The Morgan fingerprint density at radius 2 is 1.71 bits per heavy atom. The molecule has 0 bridgehead atoms. The third kappa shape index (κ3) is 3.13. The van der Waals surface area contributed by atoms with Crippen LogP contribution < -0.4 is 10.0 Å². The van der Waals surface area contributed by atoms with Crippen molar-refractivity contribution in [1.82, 2.24) is 14.5 Å². The number of carbonyl (C=O) groups excluding carboxylic acids is 1. The monoisotopic (exact) mass is 404 g/mol. The Morgan fingerprint density at radius 1 is 1.11 bits per heavy atom. The van der Waals surface area contributed by atoms with Crippen LogP contribution in [0.5, 0.6) is 0 Å². The molecule has 28 heavy (non-hydrogen) atoms. The summed E-state index contributed by atoms with van der Waals surface area (Å²) in [7, 11) is -3.03. The first-order valence-corrected chi connectivity index (χ1v) is 10.5. The van der Waals surface area contributed by atoms with Crippen LogP contribution in [-0.2, 0) is 42.8 Å². The van der Waals surface area contributed by atoms with Gasteiger partial charge in [0.15, 0.2) is 0 Å². The molecule has 10 heteroatoms. The molecular weight excluding hydrogens is 384 g/mol. The first kappa shape index (κ1) is 18.5. The summed E-state index contributed by atoms with van der Waals surface area (Å²) < 4.78 is 28.0. The van der Waals surface area contributed by atoms with Crippen LogP contribution in [0.25, 0.3) is 0 Å². The SMILES string of the molecule is Cn1cc(C(=O)O)c(S(=O)(=O)NC(=O)Nc2c3c(cc4c2CCC4)CCC3)n1. The molecule has 2 amide bonds. The summed E-state index contributed by atoms with van der Waals surface area (Å²) >= 11 is 0. The molecule has 1 heterocycles. The molecular formula is C18H20N4O5S. The van der Waals surface area contributed by atoms with Gasteiger partial charge < -0.3 is 10.4 Å². The van der Waals surface area contributed by atoms with Crippen LogP contribution in [0.1, 0.15) is 45.5 Å². The van der Waals surface area contributed by atoms with E-state index in [4.69, 9.17) is 0 Å². The molecule has 9 nitrogen and oxygen atoms in total. The number of fused-ring (bicyclic) bond motifs is 2. The molecule has 0 aliphatic heterocycles. The number of carbonyl (C=O) groups is 2. The van der Waals surface area contributed by atoms with Gasteiger partial charge in [0.25, 0.3) is 10.0 Å². The molecule has 1 aromatic heterocycles. The fourth-order valence-electron chi connectivity index (χ4n) is 4.09. The number of rotatable bonds is 4. The maximum absolute atomic E-state index is 12.5. The molecule has 0 saturated carbocycles. The second kappa shape index (κ2) is 6.62. The molecule has 0 unspecified atom stereocenters. The van der Waals surface area contributed by atoms with Crippen molar-refractivity contribution in [2.75, 3.05) is 5.32 Å². The smallest absolute Gasteiger partial charge is 0.340 e. The third-order valence-electron chi connectivity index (χ3n) is 5.22. The van der Waals surface area contributed by atoms with Crippen LogP contribution in [0.15, 0.2) is 17.3 Å². The summed E-state index contributed by atoms with van der Waals surface area (Å²) in [6.45, 7) is 0. The van der Waals surface area contributed by atoms with E-state index in [0.717, 1.165) is 60.5 Å². The molecule has 0 fully saturated rings. The number of urea groups is 1.